The molecule has 0 aromatic carbocycles. The smallest absolute Gasteiger partial charge is 0.336 e. The molecular weight excluding hydrogens is 320 g/mol. The van der Waals surface area contributed by atoms with Crippen molar-refractivity contribution in [3.05, 3.63) is 33.6 Å². The molecule has 2 heterocycles. The van der Waals surface area contributed by atoms with E-state index in [1.807, 2.05) is 0 Å². The third-order valence-electron chi connectivity index (χ3n) is 2.44. The number of thiophene rings is 1. The summed E-state index contributed by atoms with van der Waals surface area (Å²) in [4.78, 5) is 14.9. The van der Waals surface area contributed by atoms with E-state index in [-0.39, 0.29) is 9.77 Å². The fourth-order valence-corrected chi connectivity index (χ4v) is 4.85. The first-order chi connectivity index (χ1) is 9.22. The van der Waals surface area contributed by atoms with Gasteiger partial charge in [-0.3, -0.25) is 0 Å². The molecule has 2 aromatic rings. The Labute approximate surface area is 124 Å². The number of thiazole rings is 1. The monoisotopic (exact) mass is 332 g/mol. The van der Waals surface area contributed by atoms with Gasteiger partial charge in [-0.25, -0.2) is 18.2 Å². The maximum atomic E-state index is 12.3. The number of rotatable bonds is 5. The molecule has 0 aliphatic carbocycles. The van der Waals surface area contributed by atoms with Crippen LogP contribution in [-0.4, -0.2) is 24.5 Å². The van der Waals surface area contributed by atoms with Crippen molar-refractivity contribution in [1.82, 2.24) is 9.71 Å². The van der Waals surface area contributed by atoms with E-state index in [2.05, 4.69) is 9.71 Å². The molecule has 0 aliphatic rings. The van der Waals surface area contributed by atoms with Gasteiger partial charge in [0.15, 0.2) is 0 Å². The van der Waals surface area contributed by atoms with Gasteiger partial charge < -0.3 is 5.11 Å². The van der Waals surface area contributed by atoms with E-state index in [9.17, 15) is 13.2 Å². The van der Waals surface area contributed by atoms with E-state index < -0.39 is 21.5 Å². The van der Waals surface area contributed by atoms with Gasteiger partial charge in [-0.2, -0.15) is 4.72 Å². The first-order valence-electron chi connectivity index (χ1n) is 5.48. The van der Waals surface area contributed by atoms with Crippen LogP contribution in [0.5, 0.6) is 0 Å². The minimum Gasteiger partial charge on any atom is -0.478 e. The summed E-state index contributed by atoms with van der Waals surface area (Å²) in [6, 6.07) is 1.15. The van der Waals surface area contributed by atoms with Crippen LogP contribution in [0.3, 0.4) is 0 Å². The van der Waals surface area contributed by atoms with Crippen molar-refractivity contribution >= 4 is 38.7 Å². The molecule has 2 rings (SSSR count). The van der Waals surface area contributed by atoms with Crippen LogP contribution in [0.1, 0.15) is 29.2 Å². The second-order valence-electron chi connectivity index (χ2n) is 4.53. The van der Waals surface area contributed by atoms with Crippen LogP contribution in [0.25, 0.3) is 0 Å². The van der Waals surface area contributed by atoms with Crippen LogP contribution in [0.15, 0.2) is 27.2 Å². The number of carbonyl (C=O) groups is 1. The van der Waals surface area contributed by atoms with Crippen LogP contribution >= 0.6 is 22.7 Å². The Morgan fingerprint density at radius 2 is 2.10 bits per heavy atom. The van der Waals surface area contributed by atoms with Crippen molar-refractivity contribution in [3.8, 4) is 0 Å². The summed E-state index contributed by atoms with van der Waals surface area (Å²) in [7, 11) is -3.78. The van der Waals surface area contributed by atoms with Gasteiger partial charge in [0.1, 0.15) is 9.22 Å². The molecule has 0 bridgehead atoms. The maximum absolute atomic E-state index is 12.3. The number of carboxylic acid groups (broad SMARTS) is 1. The number of hydrogen-bond donors (Lipinski definition) is 2. The lowest BCUT2D eigenvalue weighted by Crippen LogP contribution is -2.40. The van der Waals surface area contributed by atoms with Gasteiger partial charge in [-0.15, -0.1) is 22.7 Å². The molecular formula is C11H12N2O4S3. The van der Waals surface area contributed by atoms with Crippen molar-refractivity contribution in [2.24, 2.45) is 0 Å². The van der Waals surface area contributed by atoms with E-state index >= 15 is 0 Å². The van der Waals surface area contributed by atoms with Gasteiger partial charge in [-0.1, -0.05) is 0 Å². The number of nitrogens with one attached hydrogen (secondary N) is 1. The number of hydrogen-bond acceptors (Lipinski definition) is 6. The average Bonchev–Trinajstić information content (AvgIpc) is 3.00. The second kappa shape index (κ2) is 5.24. The number of nitrogens with zero attached hydrogens (tertiary/aromatic N) is 1. The molecule has 0 unspecified atom stereocenters. The standard InChI is InChI=1S/C11H12N2O4S3/c1-11(2,10-12-3-4-18-10)13-20(16,17)8-5-7(6-19-8)9(14)15/h3-6,13H,1-2H3,(H,14,15). The van der Waals surface area contributed by atoms with Gasteiger partial charge in [0.05, 0.1) is 11.1 Å². The van der Waals surface area contributed by atoms with Gasteiger partial charge in [0.2, 0.25) is 0 Å². The molecule has 0 saturated heterocycles. The van der Waals surface area contributed by atoms with Crippen molar-refractivity contribution in [2.75, 3.05) is 0 Å². The normalized spacial score (nSPS) is 12.5. The van der Waals surface area contributed by atoms with Crippen molar-refractivity contribution < 1.29 is 18.3 Å². The van der Waals surface area contributed by atoms with Crippen LogP contribution in [0, 0.1) is 0 Å². The lowest BCUT2D eigenvalue weighted by molar-refractivity contribution is 0.0697. The number of aromatic carboxylic acids is 1. The van der Waals surface area contributed by atoms with E-state index in [1.165, 1.54) is 16.7 Å². The Balaban J connectivity index is 2.29. The van der Waals surface area contributed by atoms with E-state index in [4.69, 9.17) is 5.11 Å². The lowest BCUT2D eigenvalue weighted by atomic mass is 10.1. The zero-order valence-corrected chi connectivity index (χ0v) is 13.1. The minimum atomic E-state index is -3.78. The number of aromatic nitrogens is 1. The first kappa shape index (κ1) is 15.1. The Bertz CT molecular complexity index is 717. The summed E-state index contributed by atoms with van der Waals surface area (Å²) in [6.45, 7) is 3.41. The molecule has 0 spiro atoms. The van der Waals surface area contributed by atoms with Crippen molar-refractivity contribution in [3.63, 3.8) is 0 Å². The van der Waals surface area contributed by atoms with Crippen LogP contribution in [0.4, 0.5) is 0 Å². The van der Waals surface area contributed by atoms with E-state index in [1.54, 1.807) is 25.4 Å². The van der Waals surface area contributed by atoms with Crippen molar-refractivity contribution in [1.29, 1.82) is 0 Å². The van der Waals surface area contributed by atoms with Gasteiger partial charge >= 0.3 is 5.97 Å². The molecule has 20 heavy (non-hydrogen) atoms. The average molecular weight is 332 g/mol. The predicted molar refractivity (Wildman–Crippen MR) is 76.7 cm³/mol. The predicted octanol–water partition coefficient (Wildman–Crippen LogP) is 2.12. The fourth-order valence-electron chi connectivity index (χ4n) is 1.53. The summed E-state index contributed by atoms with van der Waals surface area (Å²) in [6.07, 6.45) is 1.60. The third kappa shape index (κ3) is 3.06. The summed E-state index contributed by atoms with van der Waals surface area (Å²) in [5.74, 6) is -1.15. The Morgan fingerprint density at radius 1 is 1.40 bits per heavy atom. The fraction of sp³-hybridized carbons (Fsp3) is 0.273. The Morgan fingerprint density at radius 3 is 2.60 bits per heavy atom. The maximum Gasteiger partial charge on any atom is 0.336 e. The van der Waals surface area contributed by atoms with E-state index in [0.29, 0.717) is 5.01 Å². The molecule has 0 amide bonds. The van der Waals surface area contributed by atoms with E-state index in [0.717, 1.165) is 17.4 Å². The third-order valence-corrected chi connectivity index (χ3v) is 6.64. The highest BCUT2D eigenvalue weighted by Crippen LogP contribution is 2.27. The molecule has 108 valence electrons. The highest BCUT2D eigenvalue weighted by molar-refractivity contribution is 7.91. The molecule has 0 fully saturated rings. The molecule has 2 aromatic heterocycles. The van der Waals surface area contributed by atoms with Gasteiger partial charge in [-0.05, 0) is 19.9 Å². The van der Waals surface area contributed by atoms with Crippen molar-refractivity contribution in [2.45, 2.75) is 23.6 Å². The highest BCUT2D eigenvalue weighted by Gasteiger charge is 2.31. The SMILES string of the molecule is CC(C)(NS(=O)(=O)c1cc(C(=O)O)cs1)c1nccs1. The molecule has 0 radical (unpaired) electrons. The minimum absolute atomic E-state index is 0.0282. The second-order valence-corrected chi connectivity index (χ2v) is 8.24. The highest BCUT2D eigenvalue weighted by atomic mass is 32.2. The zero-order chi connectivity index (χ0) is 15.0. The summed E-state index contributed by atoms with van der Waals surface area (Å²) < 4.78 is 27.0. The first-order valence-corrected chi connectivity index (χ1v) is 8.72. The molecule has 6 nitrogen and oxygen atoms in total. The summed E-state index contributed by atoms with van der Waals surface area (Å²) in [5, 5.41) is 12.5. The Hall–Kier alpha value is -1.29. The summed E-state index contributed by atoms with van der Waals surface area (Å²) in [5.41, 5.74) is -0.900. The quantitative estimate of drug-likeness (QED) is 0.874. The largest absolute Gasteiger partial charge is 0.478 e. The molecule has 0 saturated carbocycles. The topological polar surface area (TPSA) is 96.4 Å². The van der Waals surface area contributed by atoms with Crippen LogP contribution in [0.2, 0.25) is 0 Å². The van der Waals surface area contributed by atoms with Gasteiger partial charge in [0, 0.05) is 17.0 Å². The molecule has 2 N–H and O–H groups in total. The van der Waals surface area contributed by atoms with Gasteiger partial charge in [0.25, 0.3) is 10.0 Å². The Kier molecular flexibility index (Phi) is 3.96. The molecule has 0 aliphatic heterocycles. The lowest BCUT2D eigenvalue weighted by Gasteiger charge is -2.22. The van der Waals surface area contributed by atoms with Crippen LogP contribution < -0.4 is 4.72 Å². The number of sulfonamides is 1. The zero-order valence-electron chi connectivity index (χ0n) is 10.7. The molecule has 0 atom stereocenters. The van der Waals surface area contributed by atoms with Crippen LogP contribution in [-0.2, 0) is 15.6 Å². The number of carboxylic acids is 1. The molecule has 9 heteroatoms. The summed E-state index contributed by atoms with van der Waals surface area (Å²) >= 11 is 2.22.